The van der Waals surface area contributed by atoms with Crippen LogP contribution in [0.4, 0.5) is 0 Å². The molecule has 1 nitrogen and oxygen atoms in total. The lowest BCUT2D eigenvalue weighted by Gasteiger charge is -2.56. The van der Waals surface area contributed by atoms with E-state index in [1.165, 1.54) is 58.0 Å². The van der Waals surface area contributed by atoms with Gasteiger partial charge in [-0.15, -0.1) is 0 Å². The van der Waals surface area contributed by atoms with Crippen LogP contribution >= 0.6 is 22.6 Å². The monoisotopic (exact) mass is 305 g/mol. The summed E-state index contributed by atoms with van der Waals surface area (Å²) in [6, 6.07) is 0.958. The van der Waals surface area contributed by atoms with E-state index in [0.717, 1.165) is 12.0 Å². The van der Waals surface area contributed by atoms with Gasteiger partial charge in [0.25, 0.3) is 0 Å². The van der Waals surface area contributed by atoms with Crippen LogP contribution in [0.5, 0.6) is 0 Å². The zero-order valence-corrected chi connectivity index (χ0v) is 11.0. The van der Waals surface area contributed by atoms with Crippen molar-refractivity contribution in [1.82, 2.24) is 4.90 Å². The van der Waals surface area contributed by atoms with E-state index >= 15 is 0 Å². The summed E-state index contributed by atoms with van der Waals surface area (Å²) in [5.74, 6) is 1.05. The standard InChI is InChI=1S/C12H20IN/c13-12-6-1-4-10-5-2-8-14(11(10)12)9-3-7-12/h10-11H,1-9H2. The van der Waals surface area contributed by atoms with Crippen LogP contribution in [0.2, 0.25) is 0 Å². The highest BCUT2D eigenvalue weighted by Gasteiger charge is 2.49. The molecule has 2 heterocycles. The second-order valence-electron chi connectivity index (χ2n) is 5.41. The number of hydrogen-bond acceptors (Lipinski definition) is 1. The fourth-order valence-electron chi connectivity index (χ4n) is 4.11. The molecule has 0 aromatic rings. The van der Waals surface area contributed by atoms with Gasteiger partial charge in [0.05, 0.1) is 0 Å². The third-order valence-electron chi connectivity index (χ3n) is 4.60. The maximum Gasteiger partial charge on any atom is 0.0380 e. The summed E-state index contributed by atoms with van der Waals surface area (Å²) in [6.45, 7) is 2.79. The summed E-state index contributed by atoms with van der Waals surface area (Å²) >= 11 is 2.81. The van der Waals surface area contributed by atoms with Gasteiger partial charge < -0.3 is 0 Å². The molecule has 1 saturated carbocycles. The van der Waals surface area contributed by atoms with Crippen LogP contribution in [-0.2, 0) is 0 Å². The Labute approximate surface area is 101 Å². The molecule has 0 bridgehead atoms. The van der Waals surface area contributed by atoms with E-state index < -0.39 is 0 Å². The zero-order valence-electron chi connectivity index (χ0n) is 8.84. The second-order valence-corrected chi connectivity index (χ2v) is 7.56. The van der Waals surface area contributed by atoms with E-state index in [2.05, 4.69) is 27.5 Å². The molecule has 0 N–H and O–H groups in total. The Hall–Kier alpha value is 0.690. The highest BCUT2D eigenvalue weighted by atomic mass is 127. The summed E-state index contributed by atoms with van der Waals surface area (Å²) < 4.78 is 0.666. The maximum atomic E-state index is 2.82. The van der Waals surface area contributed by atoms with Gasteiger partial charge in [0.2, 0.25) is 0 Å². The molecule has 3 aliphatic rings. The molecule has 2 aliphatic heterocycles. The lowest BCUT2D eigenvalue weighted by atomic mass is 9.69. The van der Waals surface area contributed by atoms with Crippen LogP contribution in [0.3, 0.4) is 0 Å². The van der Waals surface area contributed by atoms with Crippen molar-refractivity contribution in [3.05, 3.63) is 0 Å². The van der Waals surface area contributed by atoms with Crippen molar-refractivity contribution in [3.63, 3.8) is 0 Å². The molecule has 2 saturated heterocycles. The maximum absolute atomic E-state index is 2.82. The van der Waals surface area contributed by atoms with E-state index in [4.69, 9.17) is 0 Å². The highest BCUT2D eigenvalue weighted by molar-refractivity contribution is 14.1. The highest BCUT2D eigenvalue weighted by Crippen LogP contribution is 2.50. The van der Waals surface area contributed by atoms with Gasteiger partial charge in [-0.25, -0.2) is 0 Å². The van der Waals surface area contributed by atoms with Gasteiger partial charge in [-0.1, -0.05) is 29.0 Å². The van der Waals surface area contributed by atoms with Crippen molar-refractivity contribution in [1.29, 1.82) is 0 Å². The molecule has 3 unspecified atom stereocenters. The summed E-state index contributed by atoms with van der Waals surface area (Å²) in [6.07, 6.45) is 10.4. The minimum atomic E-state index is 0.666. The fraction of sp³-hybridized carbons (Fsp3) is 1.00. The topological polar surface area (TPSA) is 3.24 Å². The van der Waals surface area contributed by atoms with Crippen molar-refractivity contribution in [3.8, 4) is 0 Å². The van der Waals surface area contributed by atoms with Crippen molar-refractivity contribution in [2.24, 2.45) is 5.92 Å². The van der Waals surface area contributed by atoms with E-state index in [0.29, 0.717) is 3.42 Å². The smallest absolute Gasteiger partial charge is 0.0380 e. The molecule has 2 heteroatoms. The first-order valence-electron chi connectivity index (χ1n) is 6.23. The third kappa shape index (κ3) is 1.44. The van der Waals surface area contributed by atoms with E-state index in [9.17, 15) is 0 Å². The van der Waals surface area contributed by atoms with Crippen LogP contribution in [-0.4, -0.2) is 27.5 Å². The summed E-state index contributed by atoms with van der Waals surface area (Å²) in [5.41, 5.74) is 0. The van der Waals surface area contributed by atoms with Gasteiger partial charge >= 0.3 is 0 Å². The molecule has 0 aromatic carbocycles. The van der Waals surface area contributed by atoms with E-state index in [1.807, 2.05) is 0 Å². The molecule has 3 rings (SSSR count). The van der Waals surface area contributed by atoms with Crippen molar-refractivity contribution < 1.29 is 0 Å². The first kappa shape index (κ1) is 9.88. The summed E-state index contributed by atoms with van der Waals surface area (Å²) in [7, 11) is 0. The second kappa shape index (κ2) is 3.62. The molecule has 14 heavy (non-hydrogen) atoms. The largest absolute Gasteiger partial charge is 0.299 e. The van der Waals surface area contributed by atoms with Crippen molar-refractivity contribution >= 4 is 22.6 Å². The molecular formula is C12H20IN. The number of rotatable bonds is 0. The van der Waals surface area contributed by atoms with Crippen LogP contribution < -0.4 is 0 Å². The molecule has 0 radical (unpaired) electrons. The molecule has 0 aromatic heterocycles. The summed E-state index contributed by atoms with van der Waals surface area (Å²) in [5, 5.41) is 0. The van der Waals surface area contributed by atoms with Crippen LogP contribution in [0.1, 0.15) is 44.9 Å². The van der Waals surface area contributed by atoms with Crippen LogP contribution in [0.25, 0.3) is 0 Å². The van der Waals surface area contributed by atoms with Crippen molar-refractivity contribution in [2.45, 2.75) is 54.4 Å². The van der Waals surface area contributed by atoms with Crippen LogP contribution in [0, 0.1) is 5.92 Å². The van der Waals surface area contributed by atoms with E-state index in [-0.39, 0.29) is 0 Å². The normalized spacial score (nSPS) is 48.6. The van der Waals surface area contributed by atoms with Gasteiger partial charge in [0.1, 0.15) is 0 Å². The molecular weight excluding hydrogens is 285 g/mol. The van der Waals surface area contributed by atoms with Crippen LogP contribution in [0.15, 0.2) is 0 Å². The Balaban J connectivity index is 1.90. The Bertz CT molecular complexity index is 206. The molecule has 0 spiro atoms. The third-order valence-corrected chi connectivity index (χ3v) is 6.31. The van der Waals surface area contributed by atoms with E-state index in [1.54, 1.807) is 0 Å². The van der Waals surface area contributed by atoms with Gasteiger partial charge in [-0.3, -0.25) is 4.90 Å². The number of halogens is 1. The SMILES string of the molecule is IC12CCCC3CCCN(CCC1)C32. The molecule has 80 valence electrons. The number of nitrogens with zero attached hydrogens (tertiary/aromatic N) is 1. The Morgan fingerprint density at radius 1 is 1.00 bits per heavy atom. The molecule has 0 amide bonds. The summed E-state index contributed by atoms with van der Waals surface area (Å²) in [4.78, 5) is 2.82. The lowest BCUT2D eigenvalue weighted by Crippen LogP contribution is -2.60. The average Bonchev–Trinajstić information content (AvgIpc) is 2.18. The Kier molecular flexibility index (Phi) is 2.55. The first-order chi connectivity index (χ1) is 6.80. The fourth-order valence-corrected chi connectivity index (χ4v) is 5.77. The molecule has 1 aliphatic carbocycles. The Morgan fingerprint density at radius 3 is 2.64 bits per heavy atom. The predicted molar refractivity (Wildman–Crippen MR) is 67.9 cm³/mol. The van der Waals surface area contributed by atoms with Gasteiger partial charge in [-0.05, 0) is 57.5 Å². The van der Waals surface area contributed by atoms with Gasteiger partial charge in [0, 0.05) is 9.46 Å². The van der Waals surface area contributed by atoms with Crippen molar-refractivity contribution in [2.75, 3.05) is 13.1 Å². The number of alkyl halides is 1. The Morgan fingerprint density at radius 2 is 1.71 bits per heavy atom. The van der Waals surface area contributed by atoms with Gasteiger partial charge in [0.15, 0.2) is 0 Å². The molecule has 3 atom stereocenters. The zero-order chi connectivity index (χ0) is 9.60. The quantitative estimate of drug-likeness (QED) is 0.491. The number of hydrogen-bond donors (Lipinski definition) is 0. The first-order valence-corrected chi connectivity index (χ1v) is 7.30. The lowest BCUT2D eigenvalue weighted by molar-refractivity contribution is 0.0116. The predicted octanol–water partition coefficient (Wildman–Crippen LogP) is 3.22. The van der Waals surface area contributed by atoms with Gasteiger partial charge in [-0.2, -0.15) is 0 Å². The average molecular weight is 305 g/mol. The minimum Gasteiger partial charge on any atom is -0.299 e. The molecule has 3 fully saturated rings. The number of piperidine rings is 2. The minimum absolute atomic E-state index is 0.666.